The second-order valence-corrected chi connectivity index (χ2v) is 5.71. The van der Waals surface area contributed by atoms with Crippen molar-refractivity contribution >= 4 is 27.5 Å². The van der Waals surface area contributed by atoms with Crippen molar-refractivity contribution in [2.75, 3.05) is 6.54 Å². The van der Waals surface area contributed by atoms with E-state index < -0.39 is 4.92 Å². The summed E-state index contributed by atoms with van der Waals surface area (Å²) in [6.07, 6.45) is 0.707. The van der Waals surface area contributed by atoms with Gasteiger partial charge in [-0.2, -0.15) is 0 Å². The van der Waals surface area contributed by atoms with Gasteiger partial charge in [0.1, 0.15) is 0 Å². The zero-order chi connectivity index (χ0) is 16.1. The van der Waals surface area contributed by atoms with Gasteiger partial charge < -0.3 is 5.32 Å². The first kappa shape index (κ1) is 16.2. The maximum Gasteiger partial charge on any atom is 0.272 e. The standard InChI is InChI=1S/C16H15BrN2O3/c1-11-10-13(6-7-15(11)19(21)22)16(20)18-9-8-12-4-2-3-5-14(12)17/h2-7,10H,8-9H2,1H3,(H,18,20). The van der Waals surface area contributed by atoms with Gasteiger partial charge in [0, 0.05) is 28.2 Å². The van der Waals surface area contributed by atoms with Crippen LogP contribution in [0.4, 0.5) is 5.69 Å². The van der Waals surface area contributed by atoms with E-state index in [2.05, 4.69) is 21.2 Å². The molecule has 0 bridgehead atoms. The summed E-state index contributed by atoms with van der Waals surface area (Å²) in [6, 6.07) is 12.2. The number of carbonyl (C=O) groups excluding carboxylic acids is 1. The number of hydrogen-bond acceptors (Lipinski definition) is 3. The normalized spacial score (nSPS) is 10.3. The number of carbonyl (C=O) groups is 1. The average Bonchev–Trinajstić information content (AvgIpc) is 2.48. The Morgan fingerprint density at radius 2 is 2.00 bits per heavy atom. The number of nitrogens with zero attached hydrogens (tertiary/aromatic N) is 1. The quantitative estimate of drug-likeness (QED) is 0.651. The molecule has 0 aliphatic heterocycles. The summed E-state index contributed by atoms with van der Waals surface area (Å²) in [5, 5.41) is 13.6. The summed E-state index contributed by atoms with van der Waals surface area (Å²) < 4.78 is 1.01. The predicted molar refractivity (Wildman–Crippen MR) is 88.0 cm³/mol. The molecule has 0 heterocycles. The summed E-state index contributed by atoms with van der Waals surface area (Å²) in [5.41, 5.74) is 2.03. The fourth-order valence-corrected chi connectivity index (χ4v) is 2.60. The van der Waals surface area contributed by atoms with Crippen molar-refractivity contribution in [1.82, 2.24) is 5.32 Å². The summed E-state index contributed by atoms with van der Waals surface area (Å²) in [6.45, 7) is 2.12. The van der Waals surface area contributed by atoms with E-state index in [9.17, 15) is 14.9 Å². The van der Waals surface area contributed by atoms with Crippen LogP contribution in [0.15, 0.2) is 46.9 Å². The van der Waals surface area contributed by atoms with Crippen molar-refractivity contribution in [3.05, 3.63) is 73.7 Å². The Balaban J connectivity index is 1.97. The number of aryl methyl sites for hydroxylation is 1. The number of halogens is 1. The highest BCUT2D eigenvalue weighted by molar-refractivity contribution is 9.10. The molecule has 22 heavy (non-hydrogen) atoms. The average molecular weight is 363 g/mol. The maximum atomic E-state index is 12.1. The SMILES string of the molecule is Cc1cc(C(=O)NCCc2ccccc2Br)ccc1[N+](=O)[O-]. The molecule has 0 aliphatic carbocycles. The molecule has 0 saturated carbocycles. The molecule has 0 radical (unpaired) electrons. The summed E-state index contributed by atoms with van der Waals surface area (Å²) in [7, 11) is 0. The number of benzene rings is 2. The number of amides is 1. The Kier molecular flexibility index (Phi) is 5.27. The van der Waals surface area contributed by atoms with Gasteiger partial charge in [-0.1, -0.05) is 34.1 Å². The van der Waals surface area contributed by atoms with Crippen LogP contribution in [0.3, 0.4) is 0 Å². The van der Waals surface area contributed by atoms with Gasteiger partial charge in [0.25, 0.3) is 11.6 Å². The van der Waals surface area contributed by atoms with E-state index in [0.29, 0.717) is 24.1 Å². The summed E-state index contributed by atoms with van der Waals surface area (Å²) >= 11 is 3.46. The van der Waals surface area contributed by atoms with Crippen LogP contribution in [0.5, 0.6) is 0 Å². The van der Waals surface area contributed by atoms with Gasteiger partial charge in [-0.05, 0) is 37.1 Å². The maximum absolute atomic E-state index is 12.1. The molecule has 0 spiro atoms. The third kappa shape index (κ3) is 3.92. The van der Waals surface area contributed by atoms with Gasteiger partial charge >= 0.3 is 0 Å². The van der Waals surface area contributed by atoms with Crippen LogP contribution in [0.1, 0.15) is 21.5 Å². The van der Waals surface area contributed by atoms with Crippen LogP contribution in [-0.2, 0) is 6.42 Å². The minimum absolute atomic E-state index is 0.0183. The molecular weight excluding hydrogens is 348 g/mol. The lowest BCUT2D eigenvalue weighted by molar-refractivity contribution is -0.385. The van der Waals surface area contributed by atoms with Crippen LogP contribution in [0.25, 0.3) is 0 Å². The predicted octanol–water partition coefficient (Wildman–Crippen LogP) is 3.64. The van der Waals surface area contributed by atoms with Crippen LogP contribution >= 0.6 is 15.9 Å². The Bertz CT molecular complexity index is 716. The first-order chi connectivity index (χ1) is 10.5. The summed E-state index contributed by atoms with van der Waals surface area (Å²) in [4.78, 5) is 22.4. The summed E-state index contributed by atoms with van der Waals surface area (Å²) in [5.74, 6) is -0.231. The van der Waals surface area contributed by atoms with E-state index >= 15 is 0 Å². The molecule has 2 aromatic carbocycles. The van der Waals surface area contributed by atoms with Crippen LogP contribution in [0, 0.1) is 17.0 Å². The lowest BCUT2D eigenvalue weighted by Crippen LogP contribution is -2.25. The molecule has 0 fully saturated rings. The molecule has 0 aliphatic rings. The van der Waals surface area contributed by atoms with Crippen LogP contribution in [0.2, 0.25) is 0 Å². The van der Waals surface area contributed by atoms with E-state index in [4.69, 9.17) is 0 Å². The molecule has 0 saturated heterocycles. The molecule has 2 rings (SSSR count). The molecule has 2 aromatic rings. The van der Waals surface area contributed by atoms with Crippen molar-refractivity contribution < 1.29 is 9.72 Å². The molecule has 5 nitrogen and oxygen atoms in total. The molecule has 114 valence electrons. The largest absolute Gasteiger partial charge is 0.352 e. The number of nitro groups is 1. The molecule has 6 heteroatoms. The monoisotopic (exact) mass is 362 g/mol. The second-order valence-electron chi connectivity index (χ2n) is 4.86. The minimum atomic E-state index is -0.454. The molecule has 1 N–H and O–H groups in total. The number of nitro benzene ring substituents is 1. The van der Waals surface area contributed by atoms with Crippen LogP contribution < -0.4 is 5.32 Å². The zero-order valence-corrected chi connectivity index (χ0v) is 13.6. The van der Waals surface area contributed by atoms with Gasteiger partial charge in [0.15, 0.2) is 0 Å². The molecule has 0 unspecified atom stereocenters. The molecule has 1 amide bonds. The Morgan fingerprint density at radius 3 is 2.64 bits per heavy atom. The first-order valence-electron chi connectivity index (χ1n) is 6.75. The first-order valence-corrected chi connectivity index (χ1v) is 7.55. The Morgan fingerprint density at radius 1 is 1.27 bits per heavy atom. The van der Waals surface area contributed by atoms with Gasteiger partial charge in [-0.3, -0.25) is 14.9 Å². The van der Waals surface area contributed by atoms with E-state index in [1.807, 2.05) is 24.3 Å². The van der Waals surface area contributed by atoms with Gasteiger partial charge in [0.2, 0.25) is 0 Å². The second kappa shape index (κ2) is 7.17. The third-order valence-electron chi connectivity index (χ3n) is 3.29. The van der Waals surface area contributed by atoms with Crippen molar-refractivity contribution in [2.24, 2.45) is 0 Å². The van der Waals surface area contributed by atoms with Crippen LogP contribution in [-0.4, -0.2) is 17.4 Å². The topological polar surface area (TPSA) is 72.2 Å². The lowest BCUT2D eigenvalue weighted by atomic mass is 10.1. The third-order valence-corrected chi connectivity index (χ3v) is 4.07. The van der Waals surface area contributed by atoms with Crippen molar-refractivity contribution in [3.63, 3.8) is 0 Å². The number of nitrogens with one attached hydrogen (secondary N) is 1. The van der Waals surface area contributed by atoms with E-state index in [0.717, 1.165) is 10.0 Å². The van der Waals surface area contributed by atoms with E-state index in [1.54, 1.807) is 6.92 Å². The Hall–Kier alpha value is -2.21. The minimum Gasteiger partial charge on any atom is -0.352 e. The molecular formula is C16H15BrN2O3. The molecule has 0 atom stereocenters. The zero-order valence-electron chi connectivity index (χ0n) is 12.0. The van der Waals surface area contributed by atoms with E-state index in [1.165, 1.54) is 18.2 Å². The fraction of sp³-hybridized carbons (Fsp3) is 0.188. The highest BCUT2D eigenvalue weighted by atomic mass is 79.9. The van der Waals surface area contributed by atoms with Gasteiger partial charge in [-0.15, -0.1) is 0 Å². The van der Waals surface area contributed by atoms with Gasteiger partial charge in [0.05, 0.1) is 4.92 Å². The van der Waals surface area contributed by atoms with Crippen molar-refractivity contribution in [1.29, 1.82) is 0 Å². The fourth-order valence-electron chi connectivity index (χ4n) is 2.12. The van der Waals surface area contributed by atoms with Crippen molar-refractivity contribution in [3.8, 4) is 0 Å². The number of rotatable bonds is 5. The highest BCUT2D eigenvalue weighted by Crippen LogP contribution is 2.19. The van der Waals surface area contributed by atoms with Gasteiger partial charge in [-0.25, -0.2) is 0 Å². The Labute approximate surface area is 136 Å². The number of hydrogen-bond donors (Lipinski definition) is 1. The highest BCUT2D eigenvalue weighted by Gasteiger charge is 2.13. The van der Waals surface area contributed by atoms with E-state index in [-0.39, 0.29) is 11.6 Å². The smallest absolute Gasteiger partial charge is 0.272 e. The van der Waals surface area contributed by atoms with Crippen molar-refractivity contribution in [2.45, 2.75) is 13.3 Å². The molecule has 0 aromatic heterocycles. The lowest BCUT2D eigenvalue weighted by Gasteiger charge is -2.07.